The van der Waals surface area contributed by atoms with Crippen molar-refractivity contribution < 1.29 is 0 Å². The largest absolute Gasteiger partial charge is 0.308 e. The zero-order valence-electron chi connectivity index (χ0n) is 11.4. The summed E-state index contributed by atoms with van der Waals surface area (Å²) in [6.45, 7) is 7.61. The Morgan fingerprint density at radius 1 is 1.33 bits per heavy atom. The zero-order chi connectivity index (χ0) is 13.1. The van der Waals surface area contributed by atoms with E-state index in [1.54, 1.807) is 6.33 Å². The van der Waals surface area contributed by atoms with Gasteiger partial charge in [0.15, 0.2) is 5.82 Å². The van der Waals surface area contributed by atoms with Crippen molar-refractivity contribution in [3.05, 3.63) is 29.6 Å². The smallest absolute Gasteiger partial charge is 0.164 e. The van der Waals surface area contributed by atoms with Gasteiger partial charge < -0.3 is 5.32 Å². The minimum Gasteiger partial charge on any atom is -0.308 e. The third-order valence-electron chi connectivity index (χ3n) is 2.68. The molecule has 6 nitrogen and oxygen atoms in total. The van der Waals surface area contributed by atoms with Gasteiger partial charge in [-0.05, 0) is 13.0 Å². The molecule has 2 rings (SSSR count). The van der Waals surface area contributed by atoms with Gasteiger partial charge in [-0.1, -0.05) is 13.8 Å². The molecule has 6 heteroatoms. The lowest BCUT2D eigenvalue weighted by Gasteiger charge is -2.04. The Kier molecular flexibility index (Phi) is 3.76. The number of aromatic nitrogens is 5. The van der Waals surface area contributed by atoms with E-state index in [0.29, 0.717) is 19.1 Å². The van der Waals surface area contributed by atoms with Crippen LogP contribution in [0.15, 0.2) is 12.4 Å². The highest BCUT2D eigenvalue weighted by Crippen LogP contribution is 2.04. The summed E-state index contributed by atoms with van der Waals surface area (Å²) in [5.41, 5.74) is 2.15. The van der Waals surface area contributed by atoms with Crippen molar-refractivity contribution in [2.75, 3.05) is 0 Å². The van der Waals surface area contributed by atoms with E-state index in [0.717, 1.165) is 17.2 Å². The highest BCUT2D eigenvalue weighted by molar-refractivity contribution is 5.08. The van der Waals surface area contributed by atoms with Crippen LogP contribution >= 0.6 is 0 Å². The molecule has 0 fully saturated rings. The Bertz CT molecular complexity index is 510. The number of hydrogen-bond donors (Lipinski definition) is 1. The van der Waals surface area contributed by atoms with Crippen molar-refractivity contribution in [3.8, 4) is 0 Å². The molecule has 1 N–H and O–H groups in total. The van der Waals surface area contributed by atoms with Gasteiger partial charge in [-0.25, -0.2) is 9.67 Å². The first kappa shape index (κ1) is 12.8. The van der Waals surface area contributed by atoms with E-state index in [2.05, 4.69) is 40.4 Å². The third-order valence-corrected chi connectivity index (χ3v) is 2.68. The number of hydrogen-bond acceptors (Lipinski definition) is 4. The summed E-state index contributed by atoms with van der Waals surface area (Å²) in [6.07, 6.45) is 1.76. The van der Waals surface area contributed by atoms with Gasteiger partial charge in [0.25, 0.3) is 0 Å². The van der Waals surface area contributed by atoms with E-state index in [9.17, 15) is 0 Å². The van der Waals surface area contributed by atoms with E-state index in [1.165, 1.54) is 0 Å². The molecule has 0 saturated carbocycles. The molecule has 98 valence electrons. The molecule has 0 saturated heterocycles. The fraction of sp³-hybridized carbons (Fsp3) is 0.583. The van der Waals surface area contributed by atoms with Crippen molar-refractivity contribution >= 4 is 0 Å². The van der Waals surface area contributed by atoms with Gasteiger partial charge in [0.2, 0.25) is 0 Å². The van der Waals surface area contributed by atoms with Crippen molar-refractivity contribution in [3.63, 3.8) is 0 Å². The van der Waals surface area contributed by atoms with Gasteiger partial charge in [0.1, 0.15) is 6.33 Å². The Morgan fingerprint density at radius 3 is 2.72 bits per heavy atom. The van der Waals surface area contributed by atoms with Crippen LogP contribution in [-0.2, 0) is 20.1 Å². The Hall–Kier alpha value is -1.69. The lowest BCUT2D eigenvalue weighted by Crippen LogP contribution is -2.22. The van der Waals surface area contributed by atoms with E-state index < -0.39 is 0 Å². The van der Waals surface area contributed by atoms with Crippen molar-refractivity contribution in [2.45, 2.75) is 39.9 Å². The molecule has 0 radical (unpaired) electrons. The molecular formula is C12H20N6. The van der Waals surface area contributed by atoms with E-state index in [-0.39, 0.29) is 0 Å². The molecule has 0 atom stereocenters. The van der Waals surface area contributed by atoms with Gasteiger partial charge in [0, 0.05) is 13.1 Å². The van der Waals surface area contributed by atoms with Gasteiger partial charge in [0.05, 0.1) is 24.5 Å². The predicted octanol–water partition coefficient (Wildman–Crippen LogP) is 0.866. The zero-order valence-corrected chi connectivity index (χ0v) is 11.4. The molecule has 0 aliphatic rings. The summed E-state index contributed by atoms with van der Waals surface area (Å²) >= 11 is 0. The summed E-state index contributed by atoms with van der Waals surface area (Å²) in [5, 5.41) is 12.0. The quantitative estimate of drug-likeness (QED) is 0.853. The summed E-state index contributed by atoms with van der Waals surface area (Å²) in [7, 11) is 1.94. The van der Waals surface area contributed by atoms with Gasteiger partial charge in [-0.15, -0.1) is 0 Å². The topological polar surface area (TPSA) is 60.6 Å². The van der Waals surface area contributed by atoms with Gasteiger partial charge in [-0.3, -0.25) is 4.68 Å². The minimum absolute atomic E-state index is 0.441. The first-order valence-corrected chi connectivity index (χ1v) is 6.16. The third kappa shape index (κ3) is 3.16. The van der Waals surface area contributed by atoms with Crippen LogP contribution in [0.5, 0.6) is 0 Å². The number of nitrogens with one attached hydrogen (secondary N) is 1. The molecule has 0 amide bonds. The molecule has 0 spiro atoms. The van der Waals surface area contributed by atoms with Crippen LogP contribution in [0.3, 0.4) is 0 Å². The average Bonchev–Trinajstić information content (AvgIpc) is 2.84. The number of nitrogens with zero attached hydrogens (tertiary/aromatic N) is 5. The molecule has 18 heavy (non-hydrogen) atoms. The van der Waals surface area contributed by atoms with Crippen LogP contribution in [0.25, 0.3) is 0 Å². The molecule has 0 aliphatic carbocycles. The van der Waals surface area contributed by atoms with Crippen LogP contribution in [0.2, 0.25) is 0 Å². The molecular weight excluding hydrogens is 228 g/mol. The fourth-order valence-electron chi connectivity index (χ4n) is 1.76. The highest BCUT2D eigenvalue weighted by atomic mass is 15.4. The lowest BCUT2D eigenvalue weighted by atomic mass is 10.4. The Morgan fingerprint density at radius 2 is 2.11 bits per heavy atom. The maximum Gasteiger partial charge on any atom is 0.164 e. The normalized spacial score (nSPS) is 11.4. The second-order valence-electron chi connectivity index (χ2n) is 4.79. The molecule has 0 unspecified atom stereocenters. The molecule has 0 aliphatic heterocycles. The van der Waals surface area contributed by atoms with E-state index in [4.69, 9.17) is 0 Å². The second kappa shape index (κ2) is 5.30. The monoisotopic (exact) mass is 248 g/mol. The summed E-state index contributed by atoms with van der Waals surface area (Å²) in [6, 6.07) is 2.50. The first-order chi connectivity index (χ1) is 8.54. The minimum atomic E-state index is 0.441. The van der Waals surface area contributed by atoms with Crippen LogP contribution in [0.4, 0.5) is 0 Å². The number of rotatable bonds is 5. The highest BCUT2D eigenvalue weighted by Gasteiger charge is 2.06. The van der Waals surface area contributed by atoms with Crippen molar-refractivity contribution in [1.82, 2.24) is 29.9 Å². The predicted molar refractivity (Wildman–Crippen MR) is 69.0 cm³/mol. The summed E-state index contributed by atoms with van der Waals surface area (Å²) < 4.78 is 3.72. The van der Waals surface area contributed by atoms with Crippen LogP contribution < -0.4 is 5.32 Å². The standard InChI is InChI=1S/C12H20N6/c1-9(2)13-6-12-14-8-18(16-12)7-11-5-10(3)15-17(11)4/h5,8-9,13H,6-7H2,1-4H3. The lowest BCUT2D eigenvalue weighted by molar-refractivity contribution is 0.560. The van der Waals surface area contributed by atoms with Crippen molar-refractivity contribution in [2.24, 2.45) is 7.05 Å². The van der Waals surface area contributed by atoms with Crippen LogP contribution in [0.1, 0.15) is 31.1 Å². The van der Waals surface area contributed by atoms with E-state index >= 15 is 0 Å². The summed E-state index contributed by atoms with van der Waals surface area (Å²) in [5.74, 6) is 0.822. The van der Waals surface area contributed by atoms with Gasteiger partial charge >= 0.3 is 0 Å². The average molecular weight is 248 g/mol. The Balaban J connectivity index is 2.00. The second-order valence-corrected chi connectivity index (χ2v) is 4.79. The number of aryl methyl sites for hydroxylation is 2. The first-order valence-electron chi connectivity index (χ1n) is 6.16. The molecule has 0 aromatic carbocycles. The van der Waals surface area contributed by atoms with E-state index in [1.807, 2.05) is 23.3 Å². The van der Waals surface area contributed by atoms with Gasteiger partial charge in [-0.2, -0.15) is 10.2 Å². The van der Waals surface area contributed by atoms with Crippen molar-refractivity contribution in [1.29, 1.82) is 0 Å². The Labute approximate surface area is 107 Å². The molecule has 0 bridgehead atoms. The maximum atomic E-state index is 4.43. The molecule has 2 aromatic heterocycles. The fourth-order valence-corrected chi connectivity index (χ4v) is 1.76. The van der Waals surface area contributed by atoms with Crippen LogP contribution in [-0.4, -0.2) is 30.6 Å². The SMILES string of the molecule is Cc1cc(Cn2cnc(CNC(C)C)n2)n(C)n1. The molecule has 2 heterocycles. The van der Waals surface area contributed by atoms with Crippen LogP contribution in [0, 0.1) is 6.92 Å². The maximum absolute atomic E-state index is 4.43. The summed E-state index contributed by atoms with van der Waals surface area (Å²) in [4.78, 5) is 4.28. The molecule has 2 aromatic rings.